The molecule has 2 aromatic rings. The molecule has 2 nitrogen and oxygen atoms in total. The minimum atomic E-state index is -0.422. The average molecular weight is 321 g/mol. The topological polar surface area (TPSA) is 17.8 Å². The molecule has 0 radical (unpaired) electrons. The lowest BCUT2D eigenvalue weighted by Gasteiger charge is -2.13. The van der Waals surface area contributed by atoms with Crippen molar-refractivity contribution in [3.8, 4) is 0 Å². The second-order valence-electron chi connectivity index (χ2n) is 4.59. The first-order valence-electron chi connectivity index (χ1n) is 5.95. The van der Waals surface area contributed by atoms with Gasteiger partial charge in [-0.3, -0.25) is 0 Å². The zero-order valence-electron chi connectivity index (χ0n) is 10.8. The molecule has 104 valence electrons. The molecule has 1 atom stereocenters. The normalized spacial score (nSPS) is 13.1. The van der Waals surface area contributed by atoms with E-state index in [1.54, 1.807) is 17.8 Å². The highest BCUT2D eigenvalue weighted by atomic mass is 35.5. The maximum absolute atomic E-state index is 13.6. The minimum Gasteiger partial charge on any atom is -0.327 e. The van der Waals surface area contributed by atoms with E-state index in [0.717, 1.165) is 23.6 Å². The molecule has 0 aliphatic rings. The molecule has 0 amide bonds. The zero-order chi connectivity index (χ0) is 14.0. The Morgan fingerprint density at radius 2 is 2.21 bits per heavy atom. The lowest BCUT2D eigenvalue weighted by Crippen LogP contribution is -2.12. The number of hydrogen-bond acceptors (Lipinski definition) is 2. The van der Waals surface area contributed by atoms with Crippen LogP contribution in [0.4, 0.5) is 4.39 Å². The van der Waals surface area contributed by atoms with Crippen LogP contribution >= 0.6 is 35.0 Å². The molecule has 1 unspecified atom stereocenters. The number of halogens is 3. The summed E-state index contributed by atoms with van der Waals surface area (Å²) < 4.78 is 15.6. The van der Waals surface area contributed by atoms with E-state index in [4.69, 9.17) is 23.2 Å². The molecule has 0 saturated heterocycles. The third kappa shape index (κ3) is 3.18. The van der Waals surface area contributed by atoms with Crippen molar-refractivity contribution in [2.24, 2.45) is 5.92 Å². The van der Waals surface area contributed by atoms with E-state index in [-0.39, 0.29) is 5.02 Å². The van der Waals surface area contributed by atoms with Gasteiger partial charge < -0.3 is 4.57 Å². The van der Waals surface area contributed by atoms with Crippen LogP contribution in [-0.4, -0.2) is 21.6 Å². The van der Waals surface area contributed by atoms with E-state index in [9.17, 15) is 4.39 Å². The van der Waals surface area contributed by atoms with Crippen molar-refractivity contribution in [2.75, 3.05) is 12.0 Å². The summed E-state index contributed by atoms with van der Waals surface area (Å²) in [5, 5.41) is 0.0930. The van der Waals surface area contributed by atoms with Gasteiger partial charge in [0, 0.05) is 12.6 Å². The number of rotatable bonds is 5. The van der Waals surface area contributed by atoms with E-state index in [2.05, 4.69) is 18.2 Å². The maximum atomic E-state index is 13.6. The fourth-order valence-corrected chi connectivity index (χ4v) is 3.16. The summed E-state index contributed by atoms with van der Waals surface area (Å²) in [7, 11) is 0. The van der Waals surface area contributed by atoms with Crippen molar-refractivity contribution in [1.82, 2.24) is 9.55 Å². The van der Waals surface area contributed by atoms with Crippen LogP contribution in [0.15, 0.2) is 12.1 Å². The molecule has 1 aromatic heterocycles. The third-order valence-corrected chi connectivity index (χ3v) is 4.37. The summed E-state index contributed by atoms with van der Waals surface area (Å²) in [5.41, 5.74) is 1.45. The summed E-state index contributed by atoms with van der Waals surface area (Å²) >= 11 is 13.5. The predicted octanol–water partition coefficient (Wildman–Crippen LogP) is 4.57. The molecule has 0 aliphatic carbocycles. The number of alkyl halides is 1. The first-order valence-corrected chi connectivity index (χ1v) is 8.26. The van der Waals surface area contributed by atoms with E-state index < -0.39 is 5.82 Å². The van der Waals surface area contributed by atoms with Gasteiger partial charge in [0.1, 0.15) is 11.6 Å². The Bertz CT molecular complexity index is 586. The van der Waals surface area contributed by atoms with Gasteiger partial charge in [-0.25, -0.2) is 9.37 Å². The van der Waals surface area contributed by atoms with Crippen LogP contribution in [0.1, 0.15) is 12.7 Å². The monoisotopic (exact) mass is 320 g/mol. The van der Waals surface area contributed by atoms with E-state index in [1.807, 2.05) is 4.57 Å². The third-order valence-electron chi connectivity index (χ3n) is 2.93. The molecule has 1 heterocycles. The van der Waals surface area contributed by atoms with Crippen molar-refractivity contribution in [3.63, 3.8) is 0 Å². The molecule has 0 saturated carbocycles. The van der Waals surface area contributed by atoms with E-state index >= 15 is 0 Å². The first-order chi connectivity index (χ1) is 9.06. The summed E-state index contributed by atoms with van der Waals surface area (Å²) in [5.74, 6) is 2.14. The highest BCUT2D eigenvalue weighted by molar-refractivity contribution is 7.98. The van der Waals surface area contributed by atoms with Crippen LogP contribution in [0.2, 0.25) is 5.02 Å². The summed E-state index contributed by atoms with van der Waals surface area (Å²) in [6.45, 7) is 2.94. The Morgan fingerprint density at radius 3 is 2.84 bits per heavy atom. The Hall–Kier alpha value is -0.450. The molecule has 6 heteroatoms. The molecule has 2 rings (SSSR count). The Kier molecular flexibility index (Phi) is 4.98. The molecule has 0 N–H and O–H groups in total. The van der Waals surface area contributed by atoms with E-state index in [1.165, 1.54) is 6.07 Å². The van der Waals surface area contributed by atoms with Crippen molar-refractivity contribution in [3.05, 3.63) is 28.8 Å². The van der Waals surface area contributed by atoms with Crippen molar-refractivity contribution in [2.45, 2.75) is 19.3 Å². The molecular weight excluding hydrogens is 306 g/mol. The lowest BCUT2D eigenvalue weighted by atomic mass is 10.2. The number of imidazole rings is 1. The van der Waals surface area contributed by atoms with Crippen LogP contribution in [0.5, 0.6) is 0 Å². The van der Waals surface area contributed by atoms with Gasteiger partial charge in [0.15, 0.2) is 0 Å². The van der Waals surface area contributed by atoms with Crippen LogP contribution < -0.4 is 0 Å². The van der Waals surface area contributed by atoms with Gasteiger partial charge >= 0.3 is 0 Å². The largest absolute Gasteiger partial charge is 0.327 e. The van der Waals surface area contributed by atoms with Crippen LogP contribution in [-0.2, 0) is 12.4 Å². The van der Waals surface area contributed by atoms with Crippen molar-refractivity contribution >= 4 is 46.0 Å². The van der Waals surface area contributed by atoms with Gasteiger partial charge in [0.25, 0.3) is 0 Å². The van der Waals surface area contributed by atoms with Crippen LogP contribution in [0.25, 0.3) is 11.0 Å². The molecule has 0 spiro atoms. The number of hydrogen-bond donors (Lipinski definition) is 0. The smallest absolute Gasteiger partial charge is 0.144 e. The Labute approximate surface area is 126 Å². The fourth-order valence-electron chi connectivity index (χ4n) is 2.12. The average Bonchev–Trinajstić information content (AvgIpc) is 2.68. The first kappa shape index (κ1) is 14.9. The number of fused-ring (bicyclic) bond motifs is 1. The van der Waals surface area contributed by atoms with Crippen molar-refractivity contribution in [1.29, 1.82) is 0 Å². The van der Waals surface area contributed by atoms with Gasteiger partial charge in [-0.15, -0.1) is 11.6 Å². The number of nitrogens with zero attached hydrogens (tertiary/aromatic N) is 2. The second kappa shape index (κ2) is 6.33. The summed E-state index contributed by atoms with van der Waals surface area (Å²) in [4.78, 5) is 4.42. The molecular formula is C13H15Cl2FN2S. The minimum absolute atomic E-state index is 0.0930. The van der Waals surface area contributed by atoms with Crippen molar-refractivity contribution < 1.29 is 4.39 Å². The van der Waals surface area contributed by atoms with Gasteiger partial charge in [-0.05, 0) is 24.0 Å². The second-order valence-corrected chi connectivity index (χ2v) is 6.17. The van der Waals surface area contributed by atoms with Gasteiger partial charge in [0.2, 0.25) is 0 Å². The zero-order valence-corrected chi connectivity index (χ0v) is 13.1. The quantitative estimate of drug-likeness (QED) is 0.751. The lowest BCUT2D eigenvalue weighted by molar-refractivity contribution is 0.529. The molecule has 0 aliphatic heterocycles. The molecule has 0 fully saturated rings. The highest BCUT2D eigenvalue weighted by Crippen LogP contribution is 2.25. The van der Waals surface area contributed by atoms with Gasteiger partial charge in [0.05, 0.1) is 21.9 Å². The standard InChI is InChI=1S/C13H15Cl2FN2S/c1-8(7-19-2)6-18-12-4-10(16)9(15)3-11(12)17-13(18)5-14/h3-4,8H,5-7H2,1-2H3. The van der Waals surface area contributed by atoms with Crippen LogP contribution in [0.3, 0.4) is 0 Å². The summed E-state index contributed by atoms with van der Waals surface area (Å²) in [6.07, 6.45) is 2.07. The molecule has 19 heavy (non-hydrogen) atoms. The highest BCUT2D eigenvalue weighted by Gasteiger charge is 2.15. The van der Waals surface area contributed by atoms with Gasteiger partial charge in [-0.1, -0.05) is 18.5 Å². The number of benzene rings is 1. The predicted molar refractivity (Wildman–Crippen MR) is 81.8 cm³/mol. The fraction of sp³-hybridized carbons (Fsp3) is 0.462. The SMILES string of the molecule is CSCC(C)Cn1c(CCl)nc2cc(Cl)c(F)cc21. The van der Waals surface area contributed by atoms with Crippen LogP contribution in [0, 0.1) is 11.7 Å². The molecule has 1 aromatic carbocycles. The van der Waals surface area contributed by atoms with Gasteiger partial charge in [-0.2, -0.15) is 11.8 Å². The number of aromatic nitrogens is 2. The summed E-state index contributed by atoms with van der Waals surface area (Å²) in [6, 6.07) is 2.99. The number of thioether (sulfide) groups is 1. The Morgan fingerprint density at radius 1 is 1.47 bits per heavy atom. The Balaban J connectivity index is 2.47. The molecule has 0 bridgehead atoms. The maximum Gasteiger partial charge on any atom is 0.144 e. The van der Waals surface area contributed by atoms with E-state index in [0.29, 0.717) is 17.3 Å².